The topological polar surface area (TPSA) is 95.9 Å². The number of phenols is 1. The molecule has 1 atom stereocenters. The van der Waals surface area contributed by atoms with Crippen molar-refractivity contribution < 1.29 is 24.5 Å². The van der Waals surface area contributed by atoms with Gasteiger partial charge in [-0.15, -0.1) is 0 Å². The number of nitrogens with one attached hydrogen (secondary N) is 1. The van der Waals surface area contributed by atoms with Gasteiger partial charge in [0.05, 0.1) is 0 Å². The lowest BCUT2D eigenvalue weighted by molar-refractivity contribution is -0.139. The number of aromatic hydroxyl groups is 1. The minimum absolute atomic E-state index is 0.125. The summed E-state index contributed by atoms with van der Waals surface area (Å²) in [6.45, 7) is 5.01. The summed E-state index contributed by atoms with van der Waals surface area (Å²) in [6, 6.07) is 3.21. The molecule has 1 aromatic rings. The van der Waals surface area contributed by atoms with Crippen molar-refractivity contribution in [2.45, 2.75) is 38.8 Å². The average Bonchev–Trinajstić information content (AvgIpc) is 2.29. The van der Waals surface area contributed by atoms with Gasteiger partial charge in [-0.2, -0.15) is 0 Å². The zero-order chi connectivity index (χ0) is 16.2. The van der Waals surface area contributed by atoms with Crippen molar-refractivity contribution in [1.29, 1.82) is 0 Å². The monoisotopic (exact) mass is 315 g/mol. The van der Waals surface area contributed by atoms with E-state index in [0.717, 1.165) is 0 Å². The molecule has 0 bridgehead atoms. The quantitative estimate of drug-likeness (QED) is 0.793. The zero-order valence-electron chi connectivity index (χ0n) is 12.0. The first-order valence-electron chi connectivity index (χ1n) is 6.29. The van der Waals surface area contributed by atoms with E-state index in [2.05, 4.69) is 5.32 Å². The lowest BCUT2D eigenvalue weighted by Crippen LogP contribution is -2.44. The molecule has 1 aromatic carbocycles. The largest absolute Gasteiger partial charge is 0.508 e. The maximum absolute atomic E-state index is 11.6. The van der Waals surface area contributed by atoms with Crippen molar-refractivity contribution in [2.24, 2.45) is 0 Å². The molecule has 1 rings (SSSR count). The molecule has 0 heterocycles. The number of hydrogen-bond acceptors (Lipinski definition) is 4. The summed E-state index contributed by atoms with van der Waals surface area (Å²) in [6.07, 6.45) is -0.999. The second kappa shape index (κ2) is 6.67. The van der Waals surface area contributed by atoms with Crippen molar-refractivity contribution in [3.05, 3.63) is 28.8 Å². The predicted molar refractivity (Wildman–Crippen MR) is 77.6 cm³/mol. The average molecular weight is 316 g/mol. The molecule has 116 valence electrons. The third kappa shape index (κ3) is 5.51. The van der Waals surface area contributed by atoms with E-state index < -0.39 is 23.7 Å². The highest BCUT2D eigenvalue weighted by atomic mass is 35.5. The molecule has 1 unspecified atom stereocenters. The van der Waals surface area contributed by atoms with Crippen molar-refractivity contribution in [3.8, 4) is 5.75 Å². The number of rotatable bonds is 4. The molecule has 0 aliphatic rings. The van der Waals surface area contributed by atoms with E-state index in [-0.39, 0.29) is 22.8 Å². The summed E-state index contributed by atoms with van der Waals surface area (Å²) >= 11 is 5.92. The van der Waals surface area contributed by atoms with E-state index in [9.17, 15) is 14.7 Å². The Labute approximate surface area is 127 Å². The Balaban J connectivity index is 2.84. The van der Waals surface area contributed by atoms with Gasteiger partial charge in [0.15, 0.2) is 0 Å². The predicted octanol–water partition coefficient (Wildman–Crippen LogP) is 2.57. The Morgan fingerprint density at radius 3 is 2.48 bits per heavy atom. The van der Waals surface area contributed by atoms with E-state index >= 15 is 0 Å². The van der Waals surface area contributed by atoms with Gasteiger partial charge in [0, 0.05) is 17.0 Å². The van der Waals surface area contributed by atoms with Crippen LogP contribution in [0.4, 0.5) is 4.79 Å². The molecule has 0 aliphatic heterocycles. The maximum Gasteiger partial charge on any atom is 0.408 e. The van der Waals surface area contributed by atoms with Crippen LogP contribution in [0.3, 0.4) is 0 Å². The number of phenolic OH excluding ortho intramolecular Hbond substituents is 1. The van der Waals surface area contributed by atoms with Gasteiger partial charge < -0.3 is 20.3 Å². The van der Waals surface area contributed by atoms with Gasteiger partial charge in [0.1, 0.15) is 17.4 Å². The number of carbonyl (C=O) groups is 2. The Morgan fingerprint density at radius 1 is 1.38 bits per heavy atom. The van der Waals surface area contributed by atoms with Crippen LogP contribution in [0.1, 0.15) is 26.3 Å². The summed E-state index contributed by atoms with van der Waals surface area (Å²) in [5.74, 6) is -1.38. The highest BCUT2D eigenvalue weighted by molar-refractivity contribution is 6.31. The molecule has 0 fully saturated rings. The van der Waals surface area contributed by atoms with Crippen LogP contribution in [0.25, 0.3) is 0 Å². The zero-order valence-corrected chi connectivity index (χ0v) is 12.8. The first-order chi connectivity index (χ1) is 9.60. The van der Waals surface area contributed by atoms with Gasteiger partial charge in [-0.25, -0.2) is 9.59 Å². The number of halogens is 1. The second-order valence-electron chi connectivity index (χ2n) is 5.48. The van der Waals surface area contributed by atoms with Crippen LogP contribution in [-0.4, -0.2) is 33.9 Å². The summed E-state index contributed by atoms with van der Waals surface area (Å²) < 4.78 is 5.01. The van der Waals surface area contributed by atoms with Crippen LogP contribution >= 0.6 is 11.6 Å². The number of aliphatic carboxylic acids is 1. The molecule has 0 saturated carbocycles. The van der Waals surface area contributed by atoms with Gasteiger partial charge >= 0.3 is 12.1 Å². The fourth-order valence-electron chi connectivity index (χ4n) is 1.60. The van der Waals surface area contributed by atoms with E-state index in [1.807, 2.05) is 0 Å². The number of benzene rings is 1. The Bertz CT molecular complexity index is 518. The highest BCUT2D eigenvalue weighted by Crippen LogP contribution is 2.26. The van der Waals surface area contributed by atoms with Crippen LogP contribution in [0.15, 0.2) is 18.2 Å². The molecule has 0 saturated heterocycles. The number of hydrogen-bond donors (Lipinski definition) is 3. The highest BCUT2D eigenvalue weighted by Gasteiger charge is 2.25. The summed E-state index contributed by atoms with van der Waals surface area (Å²) in [7, 11) is 0. The van der Waals surface area contributed by atoms with Crippen LogP contribution < -0.4 is 5.32 Å². The Morgan fingerprint density at radius 2 is 2.00 bits per heavy atom. The number of carboxylic acids is 1. The summed E-state index contributed by atoms with van der Waals surface area (Å²) in [4.78, 5) is 22.9. The van der Waals surface area contributed by atoms with Crippen molar-refractivity contribution in [3.63, 3.8) is 0 Å². The van der Waals surface area contributed by atoms with Gasteiger partial charge in [0.2, 0.25) is 0 Å². The third-order valence-corrected chi connectivity index (χ3v) is 2.85. The molecule has 0 radical (unpaired) electrons. The first-order valence-corrected chi connectivity index (χ1v) is 6.66. The van der Waals surface area contributed by atoms with Crippen molar-refractivity contribution in [1.82, 2.24) is 5.32 Å². The van der Waals surface area contributed by atoms with Crippen LogP contribution in [0.5, 0.6) is 5.75 Å². The van der Waals surface area contributed by atoms with Crippen LogP contribution in [-0.2, 0) is 16.0 Å². The van der Waals surface area contributed by atoms with Crippen molar-refractivity contribution >= 4 is 23.7 Å². The second-order valence-corrected chi connectivity index (χ2v) is 5.89. The minimum atomic E-state index is -1.26. The Hall–Kier alpha value is -1.95. The van der Waals surface area contributed by atoms with E-state index in [1.54, 1.807) is 20.8 Å². The number of amides is 1. The van der Waals surface area contributed by atoms with Crippen LogP contribution in [0.2, 0.25) is 5.02 Å². The Kier molecular flexibility index (Phi) is 5.43. The maximum atomic E-state index is 11.6. The molecule has 21 heavy (non-hydrogen) atoms. The first kappa shape index (κ1) is 17.1. The standard InChI is InChI=1S/C14H18ClNO5/c1-14(2,3)21-13(20)16-10(12(18)19)7-8-9(15)5-4-6-11(8)17/h4-6,10,17H,7H2,1-3H3,(H,16,20)(H,18,19). The molecular formula is C14H18ClNO5. The van der Waals surface area contributed by atoms with Gasteiger partial charge in [-0.05, 0) is 32.9 Å². The van der Waals surface area contributed by atoms with E-state index in [4.69, 9.17) is 21.4 Å². The number of carboxylic acid groups (broad SMARTS) is 1. The molecule has 7 heteroatoms. The summed E-state index contributed by atoms with van der Waals surface area (Å²) in [5, 5.41) is 21.4. The van der Waals surface area contributed by atoms with Crippen molar-refractivity contribution in [2.75, 3.05) is 0 Å². The molecule has 3 N–H and O–H groups in total. The fourth-order valence-corrected chi connectivity index (χ4v) is 1.85. The van der Waals surface area contributed by atoms with E-state index in [1.165, 1.54) is 18.2 Å². The lowest BCUT2D eigenvalue weighted by atomic mass is 10.0. The van der Waals surface area contributed by atoms with Gasteiger partial charge in [0.25, 0.3) is 0 Å². The lowest BCUT2D eigenvalue weighted by Gasteiger charge is -2.22. The molecule has 0 spiro atoms. The minimum Gasteiger partial charge on any atom is -0.508 e. The number of alkyl carbamates (subject to hydrolysis) is 1. The SMILES string of the molecule is CC(C)(C)OC(=O)NC(Cc1c(O)cccc1Cl)C(=O)O. The summed E-state index contributed by atoms with van der Waals surface area (Å²) in [5.41, 5.74) is -0.484. The molecule has 6 nitrogen and oxygen atoms in total. The normalized spacial score (nSPS) is 12.6. The third-order valence-electron chi connectivity index (χ3n) is 2.49. The molecule has 1 amide bonds. The van der Waals surface area contributed by atoms with Gasteiger partial charge in [-0.3, -0.25) is 0 Å². The molecule has 0 aromatic heterocycles. The number of ether oxygens (including phenoxy) is 1. The molecular weight excluding hydrogens is 298 g/mol. The smallest absolute Gasteiger partial charge is 0.408 e. The van der Waals surface area contributed by atoms with Crippen LogP contribution in [0, 0.1) is 0 Å². The fraction of sp³-hybridized carbons (Fsp3) is 0.429. The van der Waals surface area contributed by atoms with E-state index in [0.29, 0.717) is 0 Å². The number of carbonyl (C=O) groups excluding carboxylic acids is 1. The molecule has 0 aliphatic carbocycles. The van der Waals surface area contributed by atoms with Gasteiger partial charge in [-0.1, -0.05) is 17.7 Å².